The van der Waals surface area contributed by atoms with E-state index < -0.39 is 0 Å². The summed E-state index contributed by atoms with van der Waals surface area (Å²) in [5.41, 5.74) is 10.1. The van der Waals surface area contributed by atoms with Gasteiger partial charge in [0.25, 0.3) is 0 Å². The molecule has 0 unspecified atom stereocenters. The summed E-state index contributed by atoms with van der Waals surface area (Å²) >= 11 is 0. The van der Waals surface area contributed by atoms with E-state index in [-0.39, 0.29) is 0 Å². The van der Waals surface area contributed by atoms with Crippen molar-refractivity contribution in [1.82, 2.24) is 0 Å². The number of fused-ring (bicyclic) bond motifs is 3. The molecule has 5 aromatic rings. The number of aryl methyl sites for hydroxylation is 4. The second kappa shape index (κ2) is 7.11. The van der Waals surface area contributed by atoms with Crippen molar-refractivity contribution in [2.75, 3.05) is 0 Å². The Morgan fingerprint density at radius 2 is 1.68 bits per heavy atom. The van der Waals surface area contributed by atoms with Gasteiger partial charge in [0.15, 0.2) is 11.8 Å². The molecule has 0 radical (unpaired) electrons. The first-order valence-electron chi connectivity index (χ1n) is 10.4. The molecular weight excluding hydrogens is 380 g/mol. The average Bonchev–Trinajstić information content (AvgIpc) is 3.14. The molecule has 0 amide bonds. The number of pyridine rings is 1. The molecule has 0 bridgehead atoms. The van der Waals surface area contributed by atoms with Crippen LogP contribution >= 0.6 is 0 Å². The fraction of sp³-hybridized carbons (Fsp3) is 0.143. The van der Waals surface area contributed by atoms with E-state index in [9.17, 15) is 5.26 Å². The second-order valence-electron chi connectivity index (χ2n) is 8.23. The lowest BCUT2D eigenvalue weighted by atomic mass is 9.90. The molecule has 5 rings (SSSR count). The van der Waals surface area contributed by atoms with Crippen LogP contribution in [0.5, 0.6) is 0 Å². The Bertz CT molecular complexity index is 1530. The highest BCUT2D eigenvalue weighted by atomic mass is 16.3. The van der Waals surface area contributed by atoms with Crippen molar-refractivity contribution in [1.29, 1.82) is 5.26 Å². The fourth-order valence-corrected chi connectivity index (χ4v) is 4.62. The lowest BCUT2D eigenvalue weighted by Gasteiger charge is -2.13. The van der Waals surface area contributed by atoms with Crippen molar-refractivity contribution in [2.45, 2.75) is 20.8 Å². The van der Waals surface area contributed by atoms with Gasteiger partial charge in [-0.1, -0.05) is 35.9 Å². The smallest absolute Gasteiger partial charge is 0.216 e. The van der Waals surface area contributed by atoms with Crippen LogP contribution in [0.1, 0.15) is 22.3 Å². The van der Waals surface area contributed by atoms with E-state index in [0.717, 1.165) is 38.7 Å². The summed E-state index contributed by atoms with van der Waals surface area (Å²) in [5.74, 6) is 0. The van der Waals surface area contributed by atoms with E-state index in [1.54, 1.807) is 0 Å². The molecule has 150 valence electrons. The van der Waals surface area contributed by atoms with Crippen LogP contribution in [0, 0.1) is 32.1 Å². The van der Waals surface area contributed by atoms with Gasteiger partial charge in [-0.05, 0) is 61.2 Å². The van der Waals surface area contributed by atoms with Crippen LogP contribution in [0.3, 0.4) is 0 Å². The topological polar surface area (TPSA) is 40.8 Å². The van der Waals surface area contributed by atoms with Crippen LogP contribution in [-0.2, 0) is 7.05 Å². The first-order valence-corrected chi connectivity index (χ1v) is 10.4. The monoisotopic (exact) mass is 403 g/mol. The van der Waals surface area contributed by atoms with Crippen molar-refractivity contribution < 1.29 is 8.98 Å². The zero-order valence-electron chi connectivity index (χ0n) is 18.2. The molecule has 2 aromatic heterocycles. The van der Waals surface area contributed by atoms with Gasteiger partial charge in [-0.2, -0.15) is 5.26 Å². The third kappa shape index (κ3) is 2.92. The Labute approximate surface area is 181 Å². The maximum Gasteiger partial charge on any atom is 0.216 e. The number of furan rings is 1. The predicted molar refractivity (Wildman–Crippen MR) is 125 cm³/mol. The minimum atomic E-state index is 0.557. The quantitative estimate of drug-likeness (QED) is 0.314. The predicted octanol–water partition coefficient (Wildman–Crippen LogP) is 6.54. The van der Waals surface area contributed by atoms with Crippen molar-refractivity contribution in [3.05, 3.63) is 89.1 Å². The highest BCUT2D eigenvalue weighted by molar-refractivity contribution is 6.17. The minimum absolute atomic E-state index is 0.557. The summed E-state index contributed by atoms with van der Waals surface area (Å²) in [7, 11) is 2.04. The molecule has 0 atom stereocenters. The van der Waals surface area contributed by atoms with Crippen molar-refractivity contribution in [3.63, 3.8) is 0 Å². The van der Waals surface area contributed by atoms with Crippen LogP contribution in [0.2, 0.25) is 0 Å². The molecule has 0 spiro atoms. The summed E-state index contributed by atoms with van der Waals surface area (Å²) in [6.07, 6.45) is 2.04. The summed E-state index contributed by atoms with van der Waals surface area (Å²) in [6.45, 7) is 6.40. The Morgan fingerprint density at radius 1 is 0.839 bits per heavy atom. The lowest BCUT2D eigenvalue weighted by molar-refractivity contribution is -0.660. The van der Waals surface area contributed by atoms with Gasteiger partial charge < -0.3 is 4.42 Å². The number of hydrogen-bond acceptors (Lipinski definition) is 2. The normalized spacial score (nSPS) is 11.2. The highest BCUT2D eigenvalue weighted by Crippen LogP contribution is 2.44. The molecule has 2 heterocycles. The molecule has 3 nitrogen and oxygen atoms in total. The summed E-state index contributed by atoms with van der Waals surface area (Å²) in [5, 5.41) is 11.7. The molecule has 0 aliphatic rings. The lowest BCUT2D eigenvalue weighted by Crippen LogP contribution is -2.30. The zero-order valence-corrected chi connectivity index (χ0v) is 18.2. The van der Waals surface area contributed by atoms with Gasteiger partial charge in [0.1, 0.15) is 18.7 Å². The Kier molecular flexibility index (Phi) is 4.38. The van der Waals surface area contributed by atoms with E-state index in [1.165, 1.54) is 16.7 Å². The number of nitrogens with zero attached hydrogens (tertiary/aromatic N) is 2. The van der Waals surface area contributed by atoms with Crippen molar-refractivity contribution in [3.8, 4) is 28.5 Å². The van der Waals surface area contributed by atoms with Crippen LogP contribution in [0.4, 0.5) is 0 Å². The maximum absolute atomic E-state index is 9.69. The van der Waals surface area contributed by atoms with E-state index in [2.05, 4.69) is 67.8 Å². The number of para-hydroxylation sites is 1. The van der Waals surface area contributed by atoms with E-state index in [1.807, 2.05) is 37.5 Å². The van der Waals surface area contributed by atoms with Crippen molar-refractivity contribution >= 4 is 21.9 Å². The largest absolute Gasteiger partial charge is 0.454 e. The molecule has 31 heavy (non-hydrogen) atoms. The number of nitriles is 1. The maximum atomic E-state index is 9.69. The fourth-order valence-electron chi connectivity index (χ4n) is 4.62. The first-order chi connectivity index (χ1) is 15.0. The Morgan fingerprint density at radius 3 is 2.42 bits per heavy atom. The summed E-state index contributed by atoms with van der Waals surface area (Å²) in [4.78, 5) is 0. The zero-order chi connectivity index (χ0) is 21.7. The standard InChI is InChI=1S/C28H23N2O/c1-17-11-12-21(18(2)14-17)23-15-19(3)25(24-10-5-6-13-30(24)4)28-26(23)22-9-7-8-20(16-29)27(22)31-28/h5-15H,1-4H3/q+1. The number of hydrogen-bond donors (Lipinski definition) is 0. The highest BCUT2D eigenvalue weighted by Gasteiger charge is 2.24. The molecule has 0 saturated heterocycles. The van der Waals surface area contributed by atoms with Gasteiger partial charge >= 0.3 is 0 Å². The minimum Gasteiger partial charge on any atom is -0.454 e. The average molecular weight is 404 g/mol. The molecule has 0 aliphatic heterocycles. The van der Waals surface area contributed by atoms with Crippen LogP contribution in [0.15, 0.2) is 71.3 Å². The van der Waals surface area contributed by atoms with Gasteiger partial charge in [-0.15, -0.1) is 0 Å². The van der Waals surface area contributed by atoms with Gasteiger partial charge in [0, 0.05) is 22.9 Å². The van der Waals surface area contributed by atoms with Gasteiger partial charge in [-0.3, -0.25) is 0 Å². The number of rotatable bonds is 2. The Balaban J connectivity index is 2.00. The second-order valence-corrected chi connectivity index (χ2v) is 8.23. The molecular formula is C28H23N2O+. The molecule has 0 N–H and O–H groups in total. The molecule has 0 fully saturated rings. The van der Waals surface area contributed by atoms with Crippen molar-refractivity contribution in [2.24, 2.45) is 7.05 Å². The molecule has 3 heteroatoms. The van der Waals surface area contributed by atoms with E-state index >= 15 is 0 Å². The molecule has 0 saturated carbocycles. The number of aromatic nitrogens is 1. The van der Waals surface area contributed by atoms with Crippen LogP contribution in [-0.4, -0.2) is 0 Å². The van der Waals surface area contributed by atoms with E-state index in [0.29, 0.717) is 11.1 Å². The number of benzene rings is 3. The van der Waals surface area contributed by atoms with Crippen LogP contribution < -0.4 is 4.57 Å². The SMILES string of the molecule is Cc1ccc(-c2cc(C)c(-c3cccc[n+]3C)c3oc4c(C#N)cccc4c23)c(C)c1. The van der Waals surface area contributed by atoms with Gasteiger partial charge in [-0.25, -0.2) is 4.57 Å². The Hall–Kier alpha value is -3.90. The first kappa shape index (κ1) is 19.1. The summed E-state index contributed by atoms with van der Waals surface area (Å²) < 4.78 is 8.59. The molecule has 3 aromatic carbocycles. The van der Waals surface area contributed by atoms with Gasteiger partial charge in [0.2, 0.25) is 5.69 Å². The van der Waals surface area contributed by atoms with Gasteiger partial charge in [0.05, 0.1) is 11.1 Å². The third-order valence-corrected chi connectivity index (χ3v) is 6.07. The van der Waals surface area contributed by atoms with E-state index in [4.69, 9.17) is 4.42 Å². The third-order valence-electron chi connectivity index (χ3n) is 6.07. The molecule has 0 aliphatic carbocycles. The summed E-state index contributed by atoms with van der Waals surface area (Å²) in [6, 6.07) is 23.1. The van der Waals surface area contributed by atoms with Crippen LogP contribution in [0.25, 0.3) is 44.3 Å².